The van der Waals surface area contributed by atoms with Gasteiger partial charge in [0.2, 0.25) is 12.7 Å². The van der Waals surface area contributed by atoms with Crippen LogP contribution in [0.15, 0.2) is 36.4 Å². The third-order valence-electron chi connectivity index (χ3n) is 6.37. The summed E-state index contributed by atoms with van der Waals surface area (Å²) in [7, 11) is 0. The summed E-state index contributed by atoms with van der Waals surface area (Å²) in [5.41, 5.74) is 3.86. The maximum atomic E-state index is 13.1. The number of anilines is 1. The summed E-state index contributed by atoms with van der Waals surface area (Å²) in [6, 6.07) is 10.9. The number of carbonyl (C=O) groups excluding carboxylic acids is 3. The van der Waals surface area contributed by atoms with Gasteiger partial charge in [0.15, 0.2) is 17.3 Å². The highest BCUT2D eigenvalue weighted by Gasteiger charge is 2.31. The number of piperidine rings is 1. The largest absolute Gasteiger partial charge is 0.454 e. The smallest absolute Gasteiger partial charge is 0.258 e. The lowest BCUT2D eigenvalue weighted by atomic mass is 9.96. The number of nitrogens with one attached hydrogen (secondary N) is 2. The minimum atomic E-state index is -0.230. The number of ether oxygens (including phenoxy) is 2. The second kappa shape index (κ2) is 8.27. The van der Waals surface area contributed by atoms with E-state index in [9.17, 15) is 14.4 Å². The fourth-order valence-corrected chi connectivity index (χ4v) is 4.53. The van der Waals surface area contributed by atoms with Gasteiger partial charge in [-0.25, -0.2) is 0 Å². The van der Waals surface area contributed by atoms with E-state index in [1.54, 1.807) is 25.1 Å². The van der Waals surface area contributed by atoms with Crippen LogP contribution in [-0.2, 0) is 9.59 Å². The maximum Gasteiger partial charge on any atom is 0.258 e. The number of ketones is 1. The van der Waals surface area contributed by atoms with Gasteiger partial charge in [0.05, 0.1) is 11.3 Å². The molecule has 33 heavy (non-hydrogen) atoms. The van der Waals surface area contributed by atoms with Crippen molar-refractivity contribution in [2.45, 2.75) is 32.7 Å². The van der Waals surface area contributed by atoms with E-state index >= 15 is 0 Å². The zero-order valence-electron chi connectivity index (χ0n) is 18.6. The van der Waals surface area contributed by atoms with E-state index in [2.05, 4.69) is 10.6 Å². The van der Waals surface area contributed by atoms with E-state index < -0.39 is 0 Å². The number of rotatable bonds is 4. The standard InChI is InChI=1S/C25H25N3O5/c1-14(29)16-3-5-20-19(11-16)23(25(31)27-20)24(17-4-6-21-22(12-17)33-13-32-21)26-18-7-9-28(10-8-18)15(2)30/h3-6,11-12,18,26H,7-10,13H2,1-2H3,(H,27,31). The zero-order valence-corrected chi connectivity index (χ0v) is 18.6. The molecule has 0 bridgehead atoms. The summed E-state index contributed by atoms with van der Waals surface area (Å²) in [6.45, 7) is 4.57. The van der Waals surface area contributed by atoms with Gasteiger partial charge in [-0.15, -0.1) is 0 Å². The van der Waals surface area contributed by atoms with Gasteiger partial charge in [0.1, 0.15) is 0 Å². The highest BCUT2D eigenvalue weighted by atomic mass is 16.7. The number of nitrogens with zero attached hydrogens (tertiary/aromatic N) is 1. The number of Topliss-reactive ketones (excluding diaryl/α,β-unsaturated/α-hetero) is 1. The second-order valence-corrected chi connectivity index (χ2v) is 8.51. The molecule has 0 atom stereocenters. The van der Waals surface area contributed by atoms with Crippen LogP contribution < -0.4 is 20.1 Å². The Labute approximate surface area is 191 Å². The third kappa shape index (κ3) is 3.92. The van der Waals surface area contributed by atoms with Gasteiger partial charge < -0.3 is 25.0 Å². The third-order valence-corrected chi connectivity index (χ3v) is 6.37. The lowest BCUT2D eigenvalue weighted by Gasteiger charge is -2.33. The second-order valence-electron chi connectivity index (χ2n) is 8.51. The van der Waals surface area contributed by atoms with Crippen molar-refractivity contribution < 1.29 is 23.9 Å². The number of likely N-dealkylation sites (tertiary alicyclic amines) is 1. The highest BCUT2D eigenvalue weighted by Crippen LogP contribution is 2.40. The number of hydrogen-bond acceptors (Lipinski definition) is 6. The summed E-state index contributed by atoms with van der Waals surface area (Å²) >= 11 is 0. The molecule has 2 aromatic rings. The maximum absolute atomic E-state index is 13.1. The molecule has 5 rings (SSSR count). The van der Waals surface area contributed by atoms with Crippen LogP contribution >= 0.6 is 0 Å². The Bertz CT molecular complexity index is 1190. The molecule has 0 spiro atoms. The van der Waals surface area contributed by atoms with Crippen molar-refractivity contribution in [2.75, 3.05) is 25.2 Å². The van der Waals surface area contributed by atoms with E-state index in [0.29, 0.717) is 52.7 Å². The fraction of sp³-hybridized carbons (Fsp3) is 0.320. The molecule has 0 radical (unpaired) electrons. The molecule has 0 aromatic heterocycles. The van der Waals surface area contributed by atoms with Crippen molar-refractivity contribution in [3.05, 3.63) is 53.1 Å². The van der Waals surface area contributed by atoms with Crippen molar-refractivity contribution in [3.8, 4) is 11.5 Å². The first-order chi connectivity index (χ1) is 15.9. The van der Waals surface area contributed by atoms with E-state index in [1.807, 2.05) is 23.1 Å². The van der Waals surface area contributed by atoms with Gasteiger partial charge >= 0.3 is 0 Å². The van der Waals surface area contributed by atoms with Gasteiger partial charge in [-0.1, -0.05) is 0 Å². The number of benzene rings is 2. The monoisotopic (exact) mass is 447 g/mol. The van der Waals surface area contributed by atoms with Crippen LogP contribution in [0.25, 0.3) is 11.3 Å². The van der Waals surface area contributed by atoms with Crippen LogP contribution in [0.4, 0.5) is 5.69 Å². The Kier molecular flexibility index (Phi) is 5.28. The molecule has 2 amide bonds. The van der Waals surface area contributed by atoms with E-state index in [4.69, 9.17) is 9.47 Å². The van der Waals surface area contributed by atoms with Gasteiger partial charge in [0.25, 0.3) is 5.91 Å². The molecule has 170 valence electrons. The predicted molar refractivity (Wildman–Crippen MR) is 123 cm³/mol. The molecule has 3 aliphatic rings. The molecule has 0 unspecified atom stereocenters. The van der Waals surface area contributed by atoms with E-state index in [1.165, 1.54) is 6.92 Å². The molecule has 2 aromatic carbocycles. The van der Waals surface area contributed by atoms with Crippen molar-refractivity contribution in [1.82, 2.24) is 10.2 Å². The molecule has 2 N–H and O–H groups in total. The normalized spacial score (nSPS) is 18.6. The van der Waals surface area contributed by atoms with Crippen molar-refractivity contribution >= 4 is 34.6 Å². The molecule has 0 aliphatic carbocycles. The molecule has 3 heterocycles. The number of fused-ring (bicyclic) bond motifs is 2. The zero-order chi connectivity index (χ0) is 23.1. The molecule has 1 saturated heterocycles. The summed E-state index contributed by atoms with van der Waals surface area (Å²) in [4.78, 5) is 38.7. The predicted octanol–water partition coefficient (Wildman–Crippen LogP) is 3.04. The van der Waals surface area contributed by atoms with Crippen LogP contribution in [0.5, 0.6) is 11.5 Å². The van der Waals surface area contributed by atoms with Crippen LogP contribution in [0.3, 0.4) is 0 Å². The molecule has 8 nitrogen and oxygen atoms in total. The quantitative estimate of drug-likeness (QED) is 0.552. The van der Waals surface area contributed by atoms with Crippen molar-refractivity contribution in [3.63, 3.8) is 0 Å². The first-order valence-electron chi connectivity index (χ1n) is 11.0. The minimum absolute atomic E-state index is 0.0642. The minimum Gasteiger partial charge on any atom is -0.454 e. The Hall–Kier alpha value is -3.81. The first-order valence-corrected chi connectivity index (χ1v) is 11.0. The van der Waals surface area contributed by atoms with Crippen molar-refractivity contribution in [1.29, 1.82) is 0 Å². The summed E-state index contributed by atoms with van der Waals surface area (Å²) < 4.78 is 11.0. The first kappa shape index (κ1) is 21.1. The lowest BCUT2D eigenvalue weighted by Crippen LogP contribution is -2.43. The van der Waals surface area contributed by atoms with Gasteiger partial charge in [-0.3, -0.25) is 14.4 Å². The molecule has 8 heteroatoms. The summed E-state index contributed by atoms with van der Waals surface area (Å²) in [5.74, 6) is 1.06. The van der Waals surface area contributed by atoms with Crippen LogP contribution in [0.2, 0.25) is 0 Å². The molecule has 3 aliphatic heterocycles. The van der Waals surface area contributed by atoms with E-state index in [0.717, 1.165) is 18.4 Å². The number of amides is 2. The fourth-order valence-electron chi connectivity index (χ4n) is 4.53. The summed E-state index contributed by atoms with van der Waals surface area (Å²) in [5, 5.41) is 6.50. The topological polar surface area (TPSA) is 97.0 Å². The molecule has 0 saturated carbocycles. The Balaban J connectivity index is 1.58. The van der Waals surface area contributed by atoms with Crippen LogP contribution in [0, 0.1) is 0 Å². The van der Waals surface area contributed by atoms with Crippen LogP contribution in [0.1, 0.15) is 48.2 Å². The van der Waals surface area contributed by atoms with Gasteiger partial charge in [-0.2, -0.15) is 0 Å². The molecule has 1 fully saturated rings. The Morgan fingerprint density at radius 2 is 1.73 bits per heavy atom. The Morgan fingerprint density at radius 3 is 2.45 bits per heavy atom. The molecular formula is C25H25N3O5. The van der Waals surface area contributed by atoms with Gasteiger partial charge in [0, 0.05) is 48.4 Å². The van der Waals surface area contributed by atoms with Gasteiger partial charge in [-0.05, 0) is 56.2 Å². The summed E-state index contributed by atoms with van der Waals surface area (Å²) in [6.07, 6.45) is 1.53. The average Bonchev–Trinajstić information content (AvgIpc) is 3.40. The SMILES string of the molecule is CC(=O)c1ccc2c(c1)C(=C(NC1CCN(C(C)=O)CC1)c1ccc3c(c1)OCO3)C(=O)N2. The lowest BCUT2D eigenvalue weighted by molar-refractivity contribution is -0.129. The average molecular weight is 447 g/mol. The van der Waals surface area contributed by atoms with Crippen LogP contribution in [-0.4, -0.2) is 48.4 Å². The molecular weight excluding hydrogens is 422 g/mol. The number of hydrogen-bond donors (Lipinski definition) is 2. The highest BCUT2D eigenvalue weighted by molar-refractivity contribution is 6.36. The number of carbonyl (C=O) groups is 3. The van der Waals surface area contributed by atoms with Crippen molar-refractivity contribution in [2.24, 2.45) is 0 Å². The Morgan fingerprint density at radius 1 is 1.00 bits per heavy atom. The van der Waals surface area contributed by atoms with E-state index in [-0.39, 0.29) is 30.4 Å².